The number of nitrogens with zero attached hydrogens (tertiary/aromatic N) is 3. The summed E-state index contributed by atoms with van der Waals surface area (Å²) in [4.78, 5) is 10.4. The molecule has 2 heterocycles. The number of aromatic nitrogens is 2. The SMILES string of the molecule is Cc1ccc(S(=O)(=O)OC2CC(OCc3ccccc3)C2)cc1.[C-]#[N+]c1cc2c(Br)c[nH]c2cc1C.[C-]#[N+]c1cc2c(Br)cn(C3CC(OCc4ccccc4)C3)c2cc1C. The van der Waals surface area contributed by atoms with Gasteiger partial charge in [-0.15, -0.1) is 0 Å². The third kappa shape index (κ3) is 10.9. The predicted molar refractivity (Wildman–Crippen MR) is 248 cm³/mol. The lowest BCUT2D eigenvalue weighted by molar-refractivity contribution is -0.0664. The van der Waals surface area contributed by atoms with E-state index in [-0.39, 0.29) is 17.1 Å². The van der Waals surface area contributed by atoms with Crippen molar-refractivity contribution in [2.24, 2.45) is 0 Å². The van der Waals surface area contributed by atoms with Gasteiger partial charge < -0.3 is 19.0 Å². The van der Waals surface area contributed by atoms with Crippen molar-refractivity contribution in [2.75, 3.05) is 0 Å². The molecule has 2 aliphatic carbocycles. The summed E-state index contributed by atoms with van der Waals surface area (Å²) < 4.78 is 45.8. The summed E-state index contributed by atoms with van der Waals surface area (Å²) in [7, 11) is -3.68. The van der Waals surface area contributed by atoms with Crippen LogP contribution in [-0.2, 0) is 37.0 Å². The Morgan fingerprint density at radius 3 is 1.80 bits per heavy atom. The lowest BCUT2D eigenvalue weighted by atomic mass is 9.88. The summed E-state index contributed by atoms with van der Waals surface area (Å²) >= 11 is 7.07. The van der Waals surface area contributed by atoms with Gasteiger partial charge in [-0.2, -0.15) is 8.42 Å². The third-order valence-corrected chi connectivity index (χ3v) is 13.7. The minimum Gasteiger partial charge on any atom is -0.373 e. The van der Waals surface area contributed by atoms with Crippen LogP contribution in [-0.4, -0.2) is 36.3 Å². The molecular weight excluding hydrogens is 916 g/mol. The van der Waals surface area contributed by atoms with Crippen LogP contribution >= 0.6 is 31.9 Å². The lowest BCUT2D eigenvalue weighted by Gasteiger charge is -2.36. The van der Waals surface area contributed by atoms with Gasteiger partial charge in [0.15, 0.2) is 11.4 Å². The molecule has 61 heavy (non-hydrogen) atoms. The maximum Gasteiger partial charge on any atom is 0.297 e. The van der Waals surface area contributed by atoms with E-state index in [9.17, 15) is 8.42 Å². The maximum atomic E-state index is 12.2. The molecule has 0 aliphatic heterocycles. The molecule has 12 heteroatoms. The molecular formula is C49H46Br2N4O5S. The Morgan fingerprint density at radius 1 is 0.689 bits per heavy atom. The molecule has 2 aliphatic rings. The van der Waals surface area contributed by atoms with Gasteiger partial charge in [0.2, 0.25) is 0 Å². The Morgan fingerprint density at radius 2 is 1.23 bits per heavy atom. The van der Waals surface area contributed by atoms with Crippen molar-refractivity contribution in [2.45, 2.75) is 88.9 Å². The summed E-state index contributed by atoms with van der Waals surface area (Å²) in [6.45, 7) is 21.4. The van der Waals surface area contributed by atoms with Crippen LogP contribution in [0, 0.1) is 33.9 Å². The van der Waals surface area contributed by atoms with E-state index in [0.29, 0.717) is 43.9 Å². The van der Waals surface area contributed by atoms with E-state index in [2.05, 4.69) is 75.5 Å². The Labute approximate surface area is 374 Å². The van der Waals surface area contributed by atoms with Crippen LogP contribution < -0.4 is 0 Å². The molecule has 0 radical (unpaired) electrons. The maximum absolute atomic E-state index is 12.2. The molecule has 0 unspecified atom stereocenters. The minimum absolute atomic E-state index is 0.0634. The number of nitrogens with one attached hydrogen (secondary N) is 1. The number of aryl methyl sites for hydroxylation is 3. The van der Waals surface area contributed by atoms with E-state index in [0.717, 1.165) is 66.0 Å². The molecule has 0 amide bonds. The minimum atomic E-state index is -3.68. The van der Waals surface area contributed by atoms with Crippen LogP contribution in [0.4, 0.5) is 11.4 Å². The number of aromatic amines is 1. The van der Waals surface area contributed by atoms with E-state index in [1.807, 2.05) is 93.7 Å². The van der Waals surface area contributed by atoms with Gasteiger partial charge in [-0.1, -0.05) is 78.4 Å². The third-order valence-electron chi connectivity index (χ3n) is 11.0. The fraction of sp³-hybridized carbons (Fsp3) is 0.265. The van der Waals surface area contributed by atoms with Gasteiger partial charge in [-0.3, -0.25) is 4.18 Å². The van der Waals surface area contributed by atoms with E-state index in [1.54, 1.807) is 24.3 Å². The van der Waals surface area contributed by atoms with Crippen molar-refractivity contribution < 1.29 is 22.1 Å². The highest BCUT2D eigenvalue weighted by atomic mass is 79.9. The number of rotatable bonds is 10. The largest absolute Gasteiger partial charge is 0.373 e. The molecule has 9 rings (SSSR count). The topological polar surface area (TPSA) is 91.3 Å². The second kappa shape index (κ2) is 19.8. The van der Waals surface area contributed by atoms with E-state index < -0.39 is 10.1 Å². The second-order valence-corrected chi connectivity index (χ2v) is 18.8. The van der Waals surface area contributed by atoms with Gasteiger partial charge in [0.25, 0.3) is 10.1 Å². The molecule has 7 aromatic rings. The number of halogens is 2. The number of ether oxygens (including phenoxy) is 2. The van der Waals surface area contributed by atoms with Crippen molar-refractivity contribution in [3.05, 3.63) is 181 Å². The first kappa shape index (κ1) is 44.0. The van der Waals surface area contributed by atoms with Crippen LogP contribution in [0.5, 0.6) is 0 Å². The van der Waals surface area contributed by atoms with Gasteiger partial charge in [0.1, 0.15) is 0 Å². The van der Waals surface area contributed by atoms with Gasteiger partial charge >= 0.3 is 0 Å². The quantitative estimate of drug-likeness (QED) is 0.109. The standard InChI is InChI=1S/C21H19BrN2O.C18H20O4S.C10H7BrN2/c1-14-8-21-18(11-20(14)23-2)19(22)12-24(21)16-9-17(10-16)25-13-15-6-4-3-5-7-15;1-14-7-9-18(10-8-14)23(19,20)22-17-11-16(12-17)21-13-15-5-3-2-4-6-15;1-6-3-10-7(4-9(6)12-2)8(11)5-13-10/h3-8,11-12,16-17H,9-10,13H2,1H3;2-10,16-17H,11-13H2,1H3;3-5,13H,1H3. The zero-order chi connectivity index (χ0) is 43.1. The average Bonchev–Trinajstić information content (AvgIpc) is 3.75. The number of benzene rings is 5. The molecule has 9 nitrogen and oxygen atoms in total. The summed E-state index contributed by atoms with van der Waals surface area (Å²) in [6.07, 6.45) is 7.42. The van der Waals surface area contributed by atoms with Gasteiger partial charge in [0, 0.05) is 62.0 Å². The van der Waals surface area contributed by atoms with Crippen molar-refractivity contribution in [1.82, 2.24) is 9.55 Å². The van der Waals surface area contributed by atoms with E-state index >= 15 is 0 Å². The summed E-state index contributed by atoms with van der Waals surface area (Å²) in [5.41, 5.74) is 9.10. The molecule has 0 saturated heterocycles. The molecule has 0 bridgehead atoms. The van der Waals surface area contributed by atoms with Gasteiger partial charge in [-0.25, -0.2) is 9.69 Å². The second-order valence-electron chi connectivity index (χ2n) is 15.5. The zero-order valence-electron chi connectivity index (χ0n) is 34.1. The van der Waals surface area contributed by atoms with Crippen molar-refractivity contribution >= 4 is 75.2 Å². The van der Waals surface area contributed by atoms with E-state index in [1.165, 1.54) is 11.1 Å². The first-order valence-electron chi connectivity index (χ1n) is 20.0. The summed E-state index contributed by atoms with van der Waals surface area (Å²) in [5, 5.41) is 2.18. The first-order valence-corrected chi connectivity index (χ1v) is 23.0. The van der Waals surface area contributed by atoms with Crippen LogP contribution in [0.25, 0.3) is 31.5 Å². The number of H-pyrrole nitrogens is 1. The normalized spacial score (nSPS) is 18.1. The fourth-order valence-electron chi connectivity index (χ4n) is 7.27. The van der Waals surface area contributed by atoms with E-state index in [4.69, 9.17) is 26.8 Å². The highest BCUT2D eigenvalue weighted by Crippen LogP contribution is 2.41. The Bertz CT molecular complexity index is 2800. The Hall–Kier alpha value is -5.05. The molecule has 2 aromatic heterocycles. The Balaban J connectivity index is 0.000000145. The molecule has 0 spiro atoms. The Kier molecular flexibility index (Phi) is 14.3. The monoisotopic (exact) mass is 960 g/mol. The van der Waals surface area contributed by atoms with Gasteiger partial charge in [0.05, 0.1) is 49.6 Å². The summed E-state index contributed by atoms with van der Waals surface area (Å²) in [6, 6.07) is 35.4. The number of fused-ring (bicyclic) bond motifs is 2. The van der Waals surface area contributed by atoms with Crippen LogP contribution in [0.15, 0.2) is 135 Å². The van der Waals surface area contributed by atoms with Gasteiger partial charge in [-0.05, 0) is 124 Å². The van der Waals surface area contributed by atoms with Crippen LogP contribution in [0.3, 0.4) is 0 Å². The first-order chi connectivity index (χ1) is 29.4. The molecule has 0 atom stereocenters. The molecule has 2 saturated carbocycles. The average molecular weight is 963 g/mol. The van der Waals surface area contributed by atoms with Crippen LogP contribution in [0.2, 0.25) is 0 Å². The predicted octanol–water partition coefficient (Wildman–Crippen LogP) is 13.4. The lowest BCUT2D eigenvalue weighted by Crippen LogP contribution is -2.38. The zero-order valence-corrected chi connectivity index (χ0v) is 38.1. The molecule has 2 fully saturated rings. The molecule has 1 N–H and O–H groups in total. The number of hydrogen-bond donors (Lipinski definition) is 1. The smallest absolute Gasteiger partial charge is 0.297 e. The highest BCUT2D eigenvalue weighted by molar-refractivity contribution is 9.11. The van der Waals surface area contributed by atoms with Crippen molar-refractivity contribution in [1.29, 1.82) is 0 Å². The molecule has 312 valence electrons. The summed E-state index contributed by atoms with van der Waals surface area (Å²) in [5.74, 6) is 0. The number of hydrogen-bond acceptors (Lipinski definition) is 5. The molecule has 5 aromatic carbocycles. The van der Waals surface area contributed by atoms with Crippen molar-refractivity contribution in [3.8, 4) is 0 Å². The van der Waals surface area contributed by atoms with Crippen LogP contribution in [0.1, 0.15) is 59.5 Å². The van der Waals surface area contributed by atoms with Crippen molar-refractivity contribution in [3.63, 3.8) is 0 Å². The highest BCUT2D eigenvalue weighted by Gasteiger charge is 2.35. The fourth-order valence-corrected chi connectivity index (χ4v) is 9.35.